The first kappa shape index (κ1) is 11.9. The van der Waals surface area contributed by atoms with Crippen molar-refractivity contribution in [1.82, 2.24) is 9.55 Å². The minimum Gasteiger partial charge on any atom is -0.369 e. The maximum atomic E-state index is 13.1. The highest BCUT2D eigenvalue weighted by atomic mass is 19.1. The maximum Gasteiger partial charge on any atom is 0.201 e. The third-order valence-corrected chi connectivity index (χ3v) is 3.55. The number of nitrogens with zero attached hydrogens (tertiary/aromatic N) is 2. The van der Waals surface area contributed by atoms with E-state index in [1.54, 1.807) is 6.07 Å². The van der Waals surface area contributed by atoms with Gasteiger partial charge in [0.05, 0.1) is 11.0 Å². The normalized spacial score (nSPS) is 15.1. The Labute approximate surface area is 100 Å². The van der Waals surface area contributed by atoms with Crippen LogP contribution in [0.25, 0.3) is 11.0 Å². The van der Waals surface area contributed by atoms with Crippen molar-refractivity contribution in [2.24, 2.45) is 5.92 Å². The van der Waals surface area contributed by atoms with Crippen LogP contribution in [0.3, 0.4) is 0 Å². The lowest BCUT2D eigenvalue weighted by Gasteiger charge is -2.21. The minimum absolute atomic E-state index is 0.260. The molecule has 3 nitrogen and oxygen atoms in total. The molecule has 2 atom stereocenters. The number of imidazole rings is 1. The van der Waals surface area contributed by atoms with Crippen LogP contribution in [0.5, 0.6) is 0 Å². The van der Waals surface area contributed by atoms with E-state index < -0.39 is 0 Å². The van der Waals surface area contributed by atoms with Crippen LogP contribution < -0.4 is 5.73 Å². The average Bonchev–Trinajstić information content (AvgIpc) is 2.62. The van der Waals surface area contributed by atoms with Crippen LogP contribution in [0.2, 0.25) is 0 Å². The van der Waals surface area contributed by atoms with Crippen molar-refractivity contribution in [1.29, 1.82) is 0 Å². The van der Waals surface area contributed by atoms with Crippen molar-refractivity contribution in [2.75, 3.05) is 5.73 Å². The van der Waals surface area contributed by atoms with Gasteiger partial charge in [0.2, 0.25) is 5.95 Å². The topological polar surface area (TPSA) is 43.8 Å². The zero-order valence-corrected chi connectivity index (χ0v) is 10.4. The van der Waals surface area contributed by atoms with Gasteiger partial charge in [0, 0.05) is 12.1 Å². The molecule has 0 fully saturated rings. The lowest BCUT2D eigenvalue weighted by Crippen LogP contribution is -2.15. The van der Waals surface area contributed by atoms with E-state index in [0.717, 1.165) is 11.9 Å². The third kappa shape index (κ3) is 1.99. The molecule has 92 valence electrons. The zero-order chi connectivity index (χ0) is 12.6. The van der Waals surface area contributed by atoms with E-state index in [0.29, 0.717) is 17.4 Å². The summed E-state index contributed by atoms with van der Waals surface area (Å²) in [4.78, 5) is 4.21. The van der Waals surface area contributed by atoms with E-state index >= 15 is 0 Å². The summed E-state index contributed by atoms with van der Waals surface area (Å²) in [5.74, 6) is 0.677. The number of benzene rings is 1. The lowest BCUT2D eigenvalue weighted by molar-refractivity contribution is 0.381. The van der Waals surface area contributed by atoms with Gasteiger partial charge in [-0.15, -0.1) is 0 Å². The number of hydrogen-bond donors (Lipinski definition) is 1. The van der Waals surface area contributed by atoms with E-state index in [1.807, 2.05) is 4.57 Å². The van der Waals surface area contributed by atoms with Crippen molar-refractivity contribution in [3.8, 4) is 0 Å². The van der Waals surface area contributed by atoms with Crippen LogP contribution in [0.4, 0.5) is 10.3 Å². The molecule has 1 heterocycles. The molecule has 0 saturated heterocycles. The smallest absolute Gasteiger partial charge is 0.201 e. The number of halogens is 1. The largest absolute Gasteiger partial charge is 0.369 e. The number of fused-ring (bicyclic) bond motifs is 1. The zero-order valence-electron chi connectivity index (χ0n) is 10.4. The number of hydrogen-bond acceptors (Lipinski definition) is 2. The molecule has 4 heteroatoms. The molecule has 1 aromatic heterocycles. The van der Waals surface area contributed by atoms with Gasteiger partial charge in [-0.3, -0.25) is 0 Å². The first-order valence-corrected chi connectivity index (χ1v) is 5.97. The summed E-state index contributed by atoms with van der Waals surface area (Å²) in [5, 5.41) is 0. The Bertz CT molecular complexity index is 533. The molecule has 2 N–H and O–H groups in total. The molecule has 2 aromatic rings. The quantitative estimate of drug-likeness (QED) is 0.886. The first-order valence-electron chi connectivity index (χ1n) is 5.97. The van der Waals surface area contributed by atoms with E-state index in [1.165, 1.54) is 12.1 Å². The highest BCUT2D eigenvalue weighted by Crippen LogP contribution is 2.28. The van der Waals surface area contributed by atoms with E-state index in [2.05, 4.69) is 25.8 Å². The molecule has 2 unspecified atom stereocenters. The van der Waals surface area contributed by atoms with Crippen LogP contribution in [-0.2, 0) is 0 Å². The van der Waals surface area contributed by atoms with Crippen LogP contribution >= 0.6 is 0 Å². The Morgan fingerprint density at radius 1 is 1.41 bits per heavy atom. The Kier molecular flexibility index (Phi) is 3.05. The number of rotatable bonds is 3. The molecule has 0 saturated carbocycles. The van der Waals surface area contributed by atoms with Gasteiger partial charge in [0.1, 0.15) is 5.82 Å². The fraction of sp³-hybridized carbons (Fsp3) is 0.462. The Hall–Kier alpha value is -1.58. The molecule has 0 aliphatic rings. The Balaban J connectivity index is 2.57. The Morgan fingerprint density at radius 2 is 2.12 bits per heavy atom. The van der Waals surface area contributed by atoms with Crippen LogP contribution in [0.1, 0.15) is 33.2 Å². The fourth-order valence-corrected chi connectivity index (χ4v) is 2.11. The van der Waals surface area contributed by atoms with Crippen molar-refractivity contribution >= 4 is 17.0 Å². The van der Waals surface area contributed by atoms with Crippen molar-refractivity contribution in [3.63, 3.8) is 0 Å². The fourth-order valence-electron chi connectivity index (χ4n) is 2.11. The summed E-state index contributed by atoms with van der Waals surface area (Å²) in [6.07, 6.45) is 1.07. The molecular formula is C13H18FN3. The summed E-state index contributed by atoms with van der Waals surface area (Å²) >= 11 is 0. The second-order valence-electron chi connectivity index (χ2n) is 4.60. The molecular weight excluding hydrogens is 217 g/mol. The SMILES string of the molecule is CCC(C)C(C)n1c(N)nc2cc(F)ccc21. The summed E-state index contributed by atoms with van der Waals surface area (Å²) in [5.41, 5.74) is 7.45. The molecule has 0 amide bonds. The molecule has 0 aliphatic heterocycles. The second kappa shape index (κ2) is 4.35. The average molecular weight is 235 g/mol. The third-order valence-electron chi connectivity index (χ3n) is 3.55. The Morgan fingerprint density at radius 3 is 2.76 bits per heavy atom. The van der Waals surface area contributed by atoms with Gasteiger partial charge in [-0.1, -0.05) is 20.3 Å². The maximum absolute atomic E-state index is 13.1. The van der Waals surface area contributed by atoms with Crippen molar-refractivity contribution in [2.45, 2.75) is 33.2 Å². The van der Waals surface area contributed by atoms with Gasteiger partial charge in [0.15, 0.2) is 0 Å². The summed E-state index contributed by atoms with van der Waals surface area (Å²) in [6.45, 7) is 6.45. The van der Waals surface area contributed by atoms with Gasteiger partial charge in [-0.25, -0.2) is 9.37 Å². The van der Waals surface area contributed by atoms with E-state index in [4.69, 9.17) is 5.73 Å². The molecule has 0 aliphatic carbocycles. The number of nitrogen functional groups attached to an aromatic ring is 1. The second-order valence-corrected chi connectivity index (χ2v) is 4.60. The van der Waals surface area contributed by atoms with Crippen LogP contribution in [-0.4, -0.2) is 9.55 Å². The van der Waals surface area contributed by atoms with Crippen LogP contribution in [0, 0.1) is 11.7 Å². The molecule has 17 heavy (non-hydrogen) atoms. The highest BCUT2D eigenvalue weighted by molar-refractivity contribution is 5.78. The van der Waals surface area contributed by atoms with Gasteiger partial charge >= 0.3 is 0 Å². The number of anilines is 1. The van der Waals surface area contributed by atoms with Crippen molar-refractivity contribution < 1.29 is 4.39 Å². The molecule has 0 radical (unpaired) electrons. The predicted molar refractivity (Wildman–Crippen MR) is 68.3 cm³/mol. The lowest BCUT2D eigenvalue weighted by atomic mass is 10.0. The highest BCUT2D eigenvalue weighted by Gasteiger charge is 2.18. The minimum atomic E-state index is -0.279. The standard InChI is InChI=1S/C13H18FN3/c1-4-8(2)9(3)17-12-6-5-10(14)7-11(12)16-13(17)15/h5-9H,4H2,1-3H3,(H2,15,16). The molecule has 0 bridgehead atoms. The summed E-state index contributed by atoms with van der Waals surface area (Å²) in [6, 6.07) is 4.87. The van der Waals surface area contributed by atoms with Gasteiger partial charge < -0.3 is 10.3 Å². The molecule has 1 aromatic carbocycles. The van der Waals surface area contributed by atoms with E-state index in [-0.39, 0.29) is 11.9 Å². The molecule has 2 rings (SSSR count). The number of nitrogens with two attached hydrogens (primary N) is 1. The van der Waals surface area contributed by atoms with E-state index in [9.17, 15) is 4.39 Å². The van der Waals surface area contributed by atoms with Crippen molar-refractivity contribution in [3.05, 3.63) is 24.0 Å². The van der Waals surface area contributed by atoms with Gasteiger partial charge in [0.25, 0.3) is 0 Å². The predicted octanol–water partition coefficient (Wildman–Crippen LogP) is 3.36. The van der Waals surface area contributed by atoms with Crippen LogP contribution in [0.15, 0.2) is 18.2 Å². The summed E-state index contributed by atoms with van der Waals surface area (Å²) in [7, 11) is 0. The summed E-state index contributed by atoms with van der Waals surface area (Å²) < 4.78 is 15.1. The first-order chi connectivity index (χ1) is 8.04. The monoisotopic (exact) mass is 235 g/mol. The molecule has 0 spiro atoms. The van der Waals surface area contributed by atoms with Gasteiger partial charge in [-0.05, 0) is 25.0 Å². The number of aromatic nitrogens is 2. The van der Waals surface area contributed by atoms with Gasteiger partial charge in [-0.2, -0.15) is 0 Å².